The molecule has 0 aliphatic carbocycles. The van der Waals surface area contributed by atoms with Crippen LogP contribution in [0.2, 0.25) is 0 Å². The number of rotatable bonds is 6. The van der Waals surface area contributed by atoms with E-state index in [0.717, 1.165) is 5.56 Å². The highest BCUT2D eigenvalue weighted by atomic mass is 16.3. The normalized spacial score (nSPS) is 12.1. The van der Waals surface area contributed by atoms with Crippen molar-refractivity contribution in [2.75, 3.05) is 6.61 Å². The van der Waals surface area contributed by atoms with Gasteiger partial charge in [-0.3, -0.25) is 9.89 Å². The lowest BCUT2D eigenvalue weighted by molar-refractivity contribution is 0.0642. The second-order valence-electron chi connectivity index (χ2n) is 4.75. The van der Waals surface area contributed by atoms with Gasteiger partial charge in [0.05, 0.1) is 0 Å². The fraction of sp³-hybridized carbons (Fsp3) is 0.333. The van der Waals surface area contributed by atoms with Crippen molar-refractivity contribution in [2.24, 2.45) is 0 Å². The van der Waals surface area contributed by atoms with E-state index in [1.165, 1.54) is 0 Å². The zero-order valence-electron chi connectivity index (χ0n) is 11.5. The molecule has 106 valence electrons. The molecule has 2 rings (SSSR count). The van der Waals surface area contributed by atoms with Crippen LogP contribution in [-0.4, -0.2) is 38.8 Å². The molecule has 1 unspecified atom stereocenters. The number of aromatic amines is 1. The summed E-state index contributed by atoms with van der Waals surface area (Å²) in [6.45, 7) is 2.51. The Bertz CT molecular complexity index is 525. The van der Waals surface area contributed by atoms with Gasteiger partial charge in [0.1, 0.15) is 5.69 Å². The van der Waals surface area contributed by atoms with Crippen molar-refractivity contribution >= 4 is 5.91 Å². The Morgan fingerprint density at radius 2 is 2.10 bits per heavy atom. The molecule has 0 saturated carbocycles. The summed E-state index contributed by atoms with van der Waals surface area (Å²) in [6.07, 6.45) is 2.11. The minimum atomic E-state index is -0.104. The molecule has 1 atom stereocenters. The number of aliphatic hydroxyl groups is 1. The number of carbonyl (C=O) groups is 1. The molecule has 0 fully saturated rings. The molecule has 0 spiro atoms. The van der Waals surface area contributed by atoms with Crippen LogP contribution in [0.1, 0.15) is 29.4 Å². The number of nitrogens with one attached hydrogen (secondary N) is 1. The predicted octanol–water partition coefficient (Wildman–Crippen LogP) is 1.82. The average Bonchev–Trinajstić information content (AvgIpc) is 2.99. The smallest absolute Gasteiger partial charge is 0.272 e. The second-order valence-corrected chi connectivity index (χ2v) is 4.75. The Labute approximate surface area is 118 Å². The maximum Gasteiger partial charge on any atom is 0.272 e. The molecule has 20 heavy (non-hydrogen) atoms. The van der Waals surface area contributed by atoms with Gasteiger partial charge >= 0.3 is 0 Å². The Balaban J connectivity index is 2.18. The highest BCUT2D eigenvalue weighted by molar-refractivity contribution is 5.92. The number of hydrogen-bond donors (Lipinski definition) is 2. The van der Waals surface area contributed by atoms with E-state index in [1.807, 2.05) is 37.3 Å². The van der Waals surface area contributed by atoms with Crippen LogP contribution in [0.4, 0.5) is 0 Å². The zero-order chi connectivity index (χ0) is 14.4. The molecule has 1 amide bonds. The van der Waals surface area contributed by atoms with Crippen LogP contribution >= 0.6 is 0 Å². The van der Waals surface area contributed by atoms with E-state index >= 15 is 0 Å². The standard InChI is InChI=1S/C15H19N3O2/c1-12(8-10-19)18(11-13-5-3-2-4-6-13)15(20)14-7-9-16-17-14/h2-7,9,12,19H,8,10-11H2,1H3,(H,16,17). The van der Waals surface area contributed by atoms with E-state index in [9.17, 15) is 4.79 Å². The van der Waals surface area contributed by atoms with Gasteiger partial charge in [-0.15, -0.1) is 0 Å². The van der Waals surface area contributed by atoms with Crippen LogP contribution in [0, 0.1) is 0 Å². The van der Waals surface area contributed by atoms with E-state index in [0.29, 0.717) is 18.7 Å². The topological polar surface area (TPSA) is 69.2 Å². The Hall–Kier alpha value is -2.14. The van der Waals surface area contributed by atoms with Gasteiger partial charge in [0, 0.05) is 25.4 Å². The van der Waals surface area contributed by atoms with E-state index in [-0.39, 0.29) is 18.6 Å². The van der Waals surface area contributed by atoms with Crippen molar-refractivity contribution in [3.63, 3.8) is 0 Å². The summed E-state index contributed by atoms with van der Waals surface area (Å²) in [7, 11) is 0. The lowest BCUT2D eigenvalue weighted by atomic mass is 10.1. The van der Waals surface area contributed by atoms with Crippen molar-refractivity contribution in [1.82, 2.24) is 15.1 Å². The third-order valence-electron chi connectivity index (χ3n) is 3.27. The maximum atomic E-state index is 12.5. The molecule has 0 aliphatic rings. The highest BCUT2D eigenvalue weighted by Gasteiger charge is 2.22. The van der Waals surface area contributed by atoms with Crippen LogP contribution in [0.15, 0.2) is 42.6 Å². The largest absolute Gasteiger partial charge is 0.396 e. The summed E-state index contributed by atoms with van der Waals surface area (Å²) in [5.74, 6) is -0.104. The fourth-order valence-corrected chi connectivity index (χ4v) is 2.08. The lowest BCUT2D eigenvalue weighted by Gasteiger charge is -2.28. The van der Waals surface area contributed by atoms with Gasteiger partial charge in [-0.05, 0) is 25.0 Å². The van der Waals surface area contributed by atoms with E-state index in [4.69, 9.17) is 5.11 Å². The van der Waals surface area contributed by atoms with Gasteiger partial charge in [-0.25, -0.2) is 0 Å². The molecule has 0 radical (unpaired) electrons. The third-order valence-corrected chi connectivity index (χ3v) is 3.27. The predicted molar refractivity (Wildman–Crippen MR) is 76.1 cm³/mol. The summed E-state index contributed by atoms with van der Waals surface area (Å²) in [5.41, 5.74) is 1.52. The molecular weight excluding hydrogens is 254 g/mol. The first-order chi connectivity index (χ1) is 9.72. The van der Waals surface area contributed by atoms with Gasteiger partial charge in [-0.2, -0.15) is 5.10 Å². The minimum absolute atomic E-state index is 0.0454. The fourth-order valence-electron chi connectivity index (χ4n) is 2.08. The number of amides is 1. The van der Waals surface area contributed by atoms with Crippen LogP contribution in [0.3, 0.4) is 0 Å². The van der Waals surface area contributed by atoms with Crippen molar-refractivity contribution in [2.45, 2.75) is 25.9 Å². The number of benzene rings is 1. The first-order valence-electron chi connectivity index (χ1n) is 6.67. The monoisotopic (exact) mass is 273 g/mol. The van der Waals surface area contributed by atoms with Crippen LogP contribution < -0.4 is 0 Å². The molecule has 0 aliphatic heterocycles. The molecule has 1 aromatic heterocycles. The van der Waals surface area contributed by atoms with E-state index in [1.54, 1.807) is 17.2 Å². The molecule has 2 aromatic rings. The lowest BCUT2D eigenvalue weighted by Crippen LogP contribution is -2.38. The molecule has 2 N–H and O–H groups in total. The maximum absolute atomic E-state index is 12.5. The van der Waals surface area contributed by atoms with Gasteiger partial charge < -0.3 is 10.0 Å². The second kappa shape index (κ2) is 6.86. The van der Waals surface area contributed by atoms with Crippen molar-refractivity contribution < 1.29 is 9.90 Å². The average molecular weight is 273 g/mol. The molecular formula is C15H19N3O2. The zero-order valence-corrected chi connectivity index (χ0v) is 11.5. The summed E-state index contributed by atoms with van der Waals surface area (Å²) in [4.78, 5) is 14.2. The van der Waals surface area contributed by atoms with Crippen LogP contribution in [0.5, 0.6) is 0 Å². The van der Waals surface area contributed by atoms with E-state index in [2.05, 4.69) is 10.2 Å². The van der Waals surface area contributed by atoms with Crippen molar-refractivity contribution in [3.05, 3.63) is 53.9 Å². The number of nitrogens with zero attached hydrogens (tertiary/aromatic N) is 2. The summed E-state index contributed by atoms with van der Waals surface area (Å²) in [6, 6.07) is 11.4. The molecule has 0 saturated heterocycles. The van der Waals surface area contributed by atoms with Gasteiger partial charge in [0.2, 0.25) is 0 Å². The number of aliphatic hydroxyl groups excluding tert-OH is 1. The summed E-state index contributed by atoms with van der Waals surface area (Å²) in [5, 5.41) is 15.6. The van der Waals surface area contributed by atoms with Gasteiger partial charge in [0.15, 0.2) is 0 Å². The van der Waals surface area contributed by atoms with Crippen LogP contribution in [0.25, 0.3) is 0 Å². The SMILES string of the molecule is CC(CCO)N(Cc1ccccc1)C(=O)c1ccn[nH]1. The van der Waals surface area contributed by atoms with Crippen molar-refractivity contribution in [3.8, 4) is 0 Å². The number of aromatic nitrogens is 2. The third kappa shape index (κ3) is 3.45. The number of H-pyrrole nitrogens is 1. The molecule has 0 bridgehead atoms. The van der Waals surface area contributed by atoms with Crippen molar-refractivity contribution in [1.29, 1.82) is 0 Å². The quantitative estimate of drug-likeness (QED) is 0.843. The van der Waals surface area contributed by atoms with Crippen LogP contribution in [-0.2, 0) is 6.54 Å². The highest BCUT2D eigenvalue weighted by Crippen LogP contribution is 2.14. The Morgan fingerprint density at radius 1 is 1.35 bits per heavy atom. The van der Waals surface area contributed by atoms with Gasteiger partial charge in [-0.1, -0.05) is 30.3 Å². The summed E-state index contributed by atoms with van der Waals surface area (Å²) < 4.78 is 0. The molecule has 1 heterocycles. The first-order valence-corrected chi connectivity index (χ1v) is 6.67. The molecule has 5 heteroatoms. The molecule has 1 aromatic carbocycles. The number of carbonyl (C=O) groups excluding carboxylic acids is 1. The Morgan fingerprint density at radius 3 is 2.70 bits per heavy atom. The minimum Gasteiger partial charge on any atom is -0.396 e. The Kier molecular flexibility index (Phi) is 4.90. The number of hydrogen-bond acceptors (Lipinski definition) is 3. The summed E-state index contributed by atoms with van der Waals surface area (Å²) >= 11 is 0. The molecule has 5 nitrogen and oxygen atoms in total. The van der Waals surface area contributed by atoms with E-state index < -0.39 is 0 Å². The first kappa shape index (κ1) is 14.3. The van der Waals surface area contributed by atoms with Gasteiger partial charge in [0.25, 0.3) is 5.91 Å².